The van der Waals surface area contributed by atoms with Gasteiger partial charge in [-0.1, -0.05) is 12.1 Å². The molecule has 1 aliphatic heterocycles. The Labute approximate surface area is 116 Å². The van der Waals surface area contributed by atoms with Crippen molar-refractivity contribution < 1.29 is 8.42 Å². The zero-order valence-electron chi connectivity index (χ0n) is 10.0. The van der Waals surface area contributed by atoms with Gasteiger partial charge in [-0.05, 0) is 53.2 Å². The molecule has 1 heterocycles. The minimum absolute atomic E-state index is 0.183. The molecule has 98 valence electrons. The number of benzene rings is 1. The molecule has 0 aromatic heterocycles. The van der Waals surface area contributed by atoms with Crippen molar-refractivity contribution in [1.82, 2.24) is 5.32 Å². The second-order valence-electron chi connectivity index (χ2n) is 5.11. The minimum Gasteiger partial charge on any atom is -0.307 e. The Balaban J connectivity index is 2.09. The second-order valence-corrected chi connectivity index (χ2v) is 8.01. The van der Waals surface area contributed by atoms with Crippen LogP contribution in [0.4, 0.5) is 0 Å². The van der Waals surface area contributed by atoms with Crippen LogP contribution in [0.25, 0.3) is 0 Å². The van der Waals surface area contributed by atoms with Crippen LogP contribution in [0.2, 0.25) is 0 Å². The molecule has 1 unspecified atom stereocenters. The molecule has 1 fully saturated rings. The van der Waals surface area contributed by atoms with Crippen LogP contribution in [-0.2, 0) is 9.84 Å². The molecule has 0 bridgehead atoms. The van der Waals surface area contributed by atoms with Crippen LogP contribution in [0.15, 0.2) is 27.6 Å². The summed E-state index contributed by atoms with van der Waals surface area (Å²) >= 11 is 3.39. The second kappa shape index (κ2) is 4.62. The highest BCUT2D eigenvalue weighted by molar-refractivity contribution is 9.10. The van der Waals surface area contributed by atoms with E-state index < -0.39 is 9.84 Å². The van der Waals surface area contributed by atoms with Crippen molar-refractivity contribution in [2.45, 2.75) is 42.7 Å². The Morgan fingerprint density at radius 3 is 2.72 bits per heavy atom. The van der Waals surface area contributed by atoms with Crippen molar-refractivity contribution in [1.29, 1.82) is 0 Å². The summed E-state index contributed by atoms with van der Waals surface area (Å²) in [4.78, 5) is 0.501. The zero-order chi connectivity index (χ0) is 12.8. The molecule has 0 radical (unpaired) electrons. The molecule has 1 aromatic rings. The first kappa shape index (κ1) is 12.6. The van der Waals surface area contributed by atoms with E-state index in [2.05, 4.69) is 21.2 Å². The van der Waals surface area contributed by atoms with E-state index in [1.807, 2.05) is 18.2 Å². The van der Waals surface area contributed by atoms with Crippen LogP contribution in [0.1, 0.15) is 37.3 Å². The molecule has 5 heteroatoms. The van der Waals surface area contributed by atoms with Gasteiger partial charge in [0, 0.05) is 16.6 Å². The number of halogens is 1. The first-order valence-corrected chi connectivity index (χ1v) is 8.80. The van der Waals surface area contributed by atoms with Crippen molar-refractivity contribution >= 4 is 25.8 Å². The van der Waals surface area contributed by atoms with Gasteiger partial charge in [0.25, 0.3) is 0 Å². The highest BCUT2D eigenvalue weighted by atomic mass is 79.9. The van der Waals surface area contributed by atoms with Crippen molar-refractivity contribution in [2.75, 3.05) is 5.75 Å². The van der Waals surface area contributed by atoms with Crippen LogP contribution < -0.4 is 5.32 Å². The van der Waals surface area contributed by atoms with Gasteiger partial charge < -0.3 is 5.32 Å². The lowest BCUT2D eigenvalue weighted by Crippen LogP contribution is -2.23. The molecule has 0 spiro atoms. The number of hydrogen-bond acceptors (Lipinski definition) is 3. The van der Waals surface area contributed by atoms with Crippen molar-refractivity contribution in [2.24, 2.45) is 0 Å². The Morgan fingerprint density at radius 1 is 1.22 bits per heavy atom. The fourth-order valence-electron chi connectivity index (χ4n) is 2.57. The van der Waals surface area contributed by atoms with E-state index in [1.54, 1.807) is 0 Å². The molecule has 1 aliphatic carbocycles. The van der Waals surface area contributed by atoms with Crippen molar-refractivity contribution in [3.63, 3.8) is 0 Å². The van der Waals surface area contributed by atoms with Gasteiger partial charge in [-0.25, -0.2) is 8.42 Å². The number of hydrogen-bond donors (Lipinski definition) is 1. The summed E-state index contributed by atoms with van der Waals surface area (Å²) in [5, 5.41) is 3.57. The van der Waals surface area contributed by atoms with Crippen LogP contribution in [0, 0.1) is 0 Å². The third-order valence-corrected chi connectivity index (χ3v) is 6.43. The summed E-state index contributed by atoms with van der Waals surface area (Å²) < 4.78 is 25.3. The van der Waals surface area contributed by atoms with Gasteiger partial charge in [0.15, 0.2) is 9.84 Å². The molecular formula is C13H16BrNO2S. The molecule has 1 atom stereocenters. The van der Waals surface area contributed by atoms with Crippen molar-refractivity contribution in [3.05, 3.63) is 28.2 Å². The zero-order valence-corrected chi connectivity index (χ0v) is 12.4. The first-order chi connectivity index (χ1) is 8.58. The van der Waals surface area contributed by atoms with E-state index in [0.717, 1.165) is 18.4 Å². The maximum Gasteiger partial charge on any atom is 0.179 e. The van der Waals surface area contributed by atoms with Gasteiger partial charge in [0.2, 0.25) is 0 Å². The highest BCUT2D eigenvalue weighted by Gasteiger charge is 2.32. The molecule has 0 amide bonds. The Hall–Kier alpha value is -0.390. The quantitative estimate of drug-likeness (QED) is 0.907. The summed E-state index contributed by atoms with van der Waals surface area (Å²) in [5.41, 5.74) is 0.939. The summed E-state index contributed by atoms with van der Waals surface area (Å²) in [6, 6.07) is 6.45. The van der Waals surface area contributed by atoms with E-state index in [4.69, 9.17) is 0 Å². The van der Waals surface area contributed by atoms with Gasteiger partial charge >= 0.3 is 0 Å². The minimum atomic E-state index is -3.14. The molecule has 1 aromatic carbocycles. The fraction of sp³-hybridized carbons (Fsp3) is 0.538. The van der Waals surface area contributed by atoms with Crippen LogP contribution in [0.5, 0.6) is 0 Å². The smallest absolute Gasteiger partial charge is 0.179 e. The van der Waals surface area contributed by atoms with Gasteiger partial charge in [0.1, 0.15) is 0 Å². The lowest BCUT2D eigenvalue weighted by Gasteiger charge is -2.19. The number of sulfone groups is 1. The van der Waals surface area contributed by atoms with E-state index in [9.17, 15) is 8.42 Å². The average molecular weight is 330 g/mol. The largest absolute Gasteiger partial charge is 0.307 e. The van der Waals surface area contributed by atoms with Crippen molar-refractivity contribution in [3.8, 4) is 0 Å². The lowest BCUT2D eigenvalue weighted by atomic mass is 10.0. The van der Waals surface area contributed by atoms with Gasteiger partial charge in [0.05, 0.1) is 10.6 Å². The predicted octanol–water partition coefficient (Wildman–Crippen LogP) is 2.81. The maximum absolute atomic E-state index is 12.3. The van der Waals surface area contributed by atoms with E-state index in [0.29, 0.717) is 15.4 Å². The molecule has 18 heavy (non-hydrogen) atoms. The molecule has 1 N–H and O–H groups in total. The Kier molecular flexibility index (Phi) is 3.24. The summed E-state index contributed by atoms with van der Waals surface area (Å²) in [6.45, 7) is 0. The molecule has 2 aliphatic rings. The highest BCUT2D eigenvalue weighted by Crippen LogP contribution is 2.37. The molecule has 3 nitrogen and oxygen atoms in total. The summed E-state index contributed by atoms with van der Waals surface area (Å²) in [5.74, 6) is 0.255. The number of rotatable bonds is 2. The Bertz CT molecular complexity index is 566. The van der Waals surface area contributed by atoms with Crippen LogP contribution in [-0.4, -0.2) is 20.2 Å². The predicted molar refractivity (Wildman–Crippen MR) is 74.3 cm³/mol. The first-order valence-electron chi connectivity index (χ1n) is 6.35. The van der Waals surface area contributed by atoms with E-state index in [1.165, 1.54) is 12.8 Å². The topological polar surface area (TPSA) is 46.2 Å². The standard InChI is InChI=1S/C13H16BrNO2S/c14-11-4-1-3-10-12(15-9-6-7-9)5-2-8-18(16,17)13(10)11/h1,3-4,9,12,15H,2,5-8H2. The lowest BCUT2D eigenvalue weighted by molar-refractivity contribution is 0.490. The average Bonchev–Trinajstić information content (AvgIpc) is 3.10. The third-order valence-electron chi connectivity index (χ3n) is 3.60. The Morgan fingerprint density at radius 2 is 2.00 bits per heavy atom. The molecule has 0 saturated heterocycles. The van der Waals surface area contributed by atoms with Crippen LogP contribution in [0.3, 0.4) is 0 Å². The fourth-order valence-corrected chi connectivity index (χ4v) is 5.38. The van der Waals surface area contributed by atoms with Gasteiger partial charge in [-0.15, -0.1) is 0 Å². The molecular weight excluding hydrogens is 314 g/mol. The van der Waals surface area contributed by atoms with E-state index in [-0.39, 0.29) is 11.8 Å². The summed E-state index contributed by atoms with van der Waals surface area (Å²) in [6.07, 6.45) is 4.06. The monoisotopic (exact) mass is 329 g/mol. The SMILES string of the molecule is O=S1(=O)CCCC(NC2CC2)c2cccc(Br)c21. The maximum atomic E-state index is 12.3. The van der Waals surface area contributed by atoms with Gasteiger partial charge in [-0.3, -0.25) is 0 Å². The van der Waals surface area contributed by atoms with Crippen LogP contribution >= 0.6 is 15.9 Å². The normalized spacial score (nSPS) is 26.4. The number of nitrogens with one attached hydrogen (secondary N) is 1. The molecule has 1 saturated carbocycles. The van der Waals surface area contributed by atoms with Gasteiger partial charge in [-0.2, -0.15) is 0 Å². The van der Waals surface area contributed by atoms with E-state index >= 15 is 0 Å². The molecule has 3 rings (SSSR count). The number of fused-ring (bicyclic) bond motifs is 1. The third kappa shape index (κ3) is 2.36. The summed E-state index contributed by atoms with van der Waals surface area (Å²) in [7, 11) is -3.14.